The molecule has 0 N–H and O–H groups in total. The first kappa shape index (κ1) is 23.4. The maximum absolute atomic E-state index is 12.4. The van der Waals surface area contributed by atoms with Crippen molar-refractivity contribution in [3.05, 3.63) is 83.4 Å². The van der Waals surface area contributed by atoms with E-state index in [1.54, 1.807) is 51.7 Å². The van der Waals surface area contributed by atoms with Crippen LogP contribution in [-0.2, 0) is 11.2 Å². The van der Waals surface area contributed by atoms with Crippen LogP contribution in [0, 0.1) is 11.3 Å². The van der Waals surface area contributed by atoms with E-state index in [1.807, 2.05) is 42.5 Å². The predicted octanol–water partition coefficient (Wildman–Crippen LogP) is 5.31. The molecule has 0 saturated heterocycles. The molecule has 0 aromatic heterocycles. The van der Waals surface area contributed by atoms with Crippen molar-refractivity contribution in [2.45, 2.75) is 12.8 Å². The van der Waals surface area contributed by atoms with Gasteiger partial charge in [0.2, 0.25) is 0 Å². The number of methoxy groups -OCH3 is 3. The number of benzene rings is 3. The van der Waals surface area contributed by atoms with Crippen molar-refractivity contribution in [2.24, 2.45) is 0 Å². The summed E-state index contributed by atoms with van der Waals surface area (Å²) in [4.78, 5) is 12.4. The van der Waals surface area contributed by atoms with Crippen molar-refractivity contribution in [1.82, 2.24) is 0 Å². The molecule has 3 aromatic carbocycles. The first-order valence-corrected chi connectivity index (χ1v) is 10.3. The van der Waals surface area contributed by atoms with E-state index in [2.05, 4.69) is 6.07 Å². The zero-order valence-corrected chi connectivity index (χ0v) is 18.8. The first-order chi connectivity index (χ1) is 16.1. The van der Waals surface area contributed by atoms with Crippen molar-refractivity contribution in [3.8, 4) is 29.1 Å². The lowest BCUT2D eigenvalue weighted by Crippen LogP contribution is -2.09. The summed E-state index contributed by atoms with van der Waals surface area (Å²) in [6, 6.07) is 22.1. The predicted molar refractivity (Wildman–Crippen MR) is 126 cm³/mol. The molecule has 0 atom stereocenters. The average Bonchev–Trinajstić information content (AvgIpc) is 2.86. The number of hydrogen-bond acceptors (Lipinski definition) is 6. The summed E-state index contributed by atoms with van der Waals surface area (Å²) >= 11 is 0. The van der Waals surface area contributed by atoms with Crippen LogP contribution in [0.5, 0.6) is 23.0 Å². The molecule has 168 valence electrons. The van der Waals surface area contributed by atoms with Crippen LogP contribution in [0.25, 0.3) is 11.6 Å². The van der Waals surface area contributed by atoms with Gasteiger partial charge in [-0.25, -0.2) is 0 Å². The van der Waals surface area contributed by atoms with Crippen LogP contribution in [0.4, 0.5) is 0 Å². The first-order valence-electron chi connectivity index (χ1n) is 10.3. The minimum Gasteiger partial charge on any atom is -0.496 e. The fourth-order valence-electron chi connectivity index (χ4n) is 3.34. The molecule has 0 radical (unpaired) electrons. The highest BCUT2D eigenvalue weighted by Gasteiger charge is 2.10. The van der Waals surface area contributed by atoms with Gasteiger partial charge in [-0.3, -0.25) is 4.79 Å². The molecule has 3 aromatic rings. The molecule has 0 aliphatic carbocycles. The van der Waals surface area contributed by atoms with Gasteiger partial charge in [0.25, 0.3) is 0 Å². The average molecular weight is 443 g/mol. The second-order valence-electron chi connectivity index (χ2n) is 7.11. The smallest absolute Gasteiger partial charge is 0.311 e. The lowest BCUT2D eigenvalue weighted by molar-refractivity contribution is -0.134. The van der Waals surface area contributed by atoms with E-state index in [0.717, 1.165) is 11.1 Å². The third kappa shape index (κ3) is 6.14. The molecule has 3 rings (SSSR count). The highest BCUT2D eigenvalue weighted by atomic mass is 16.5. The molecule has 0 aliphatic rings. The summed E-state index contributed by atoms with van der Waals surface area (Å²) in [6.07, 6.45) is 2.45. The van der Waals surface area contributed by atoms with Crippen molar-refractivity contribution in [1.29, 1.82) is 5.26 Å². The number of ether oxygens (including phenoxy) is 4. The van der Waals surface area contributed by atoms with Gasteiger partial charge in [0.1, 0.15) is 11.5 Å². The number of para-hydroxylation sites is 1. The van der Waals surface area contributed by atoms with Gasteiger partial charge in [-0.2, -0.15) is 5.26 Å². The monoisotopic (exact) mass is 443 g/mol. The molecular weight excluding hydrogens is 418 g/mol. The molecule has 0 fully saturated rings. The molecule has 0 saturated carbocycles. The molecule has 0 aliphatic heterocycles. The molecule has 0 heterocycles. The van der Waals surface area contributed by atoms with Gasteiger partial charge >= 0.3 is 5.97 Å². The van der Waals surface area contributed by atoms with E-state index in [-0.39, 0.29) is 12.4 Å². The summed E-state index contributed by atoms with van der Waals surface area (Å²) in [5.74, 6) is 1.93. The topological polar surface area (TPSA) is 77.8 Å². The number of rotatable bonds is 9. The van der Waals surface area contributed by atoms with Crippen LogP contribution in [0.2, 0.25) is 0 Å². The normalized spacial score (nSPS) is 10.8. The number of nitrogens with zero attached hydrogens (tertiary/aromatic N) is 1. The van der Waals surface area contributed by atoms with Crippen molar-refractivity contribution in [3.63, 3.8) is 0 Å². The SMILES string of the molecule is COc1ccc(CCC(=O)Oc2cccc(/C=C(/C#N)c3ccccc3OC)c2)cc1OC. The van der Waals surface area contributed by atoms with Crippen LogP contribution in [-0.4, -0.2) is 27.3 Å². The maximum Gasteiger partial charge on any atom is 0.311 e. The molecular formula is C27H25NO5. The Labute approximate surface area is 193 Å². The number of hydrogen-bond donors (Lipinski definition) is 0. The van der Waals surface area contributed by atoms with Gasteiger partial charge in [0.05, 0.1) is 33.0 Å². The largest absolute Gasteiger partial charge is 0.496 e. The van der Waals surface area contributed by atoms with E-state index < -0.39 is 0 Å². The Morgan fingerprint density at radius 2 is 1.64 bits per heavy atom. The number of allylic oxidation sites excluding steroid dienone is 1. The fraction of sp³-hybridized carbons (Fsp3) is 0.185. The van der Waals surface area contributed by atoms with Crippen LogP contribution in [0.1, 0.15) is 23.1 Å². The van der Waals surface area contributed by atoms with E-state index >= 15 is 0 Å². The summed E-state index contributed by atoms with van der Waals surface area (Å²) in [6.45, 7) is 0. The number of carbonyl (C=O) groups excluding carboxylic acids is 1. The maximum atomic E-state index is 12.4. The zero-order chi connectivity index (χ0) is 23.6. The third-order valence-corrected chi connectivity index (χ3v) is 4.98. The summed E-state index contributed by atoms with van der Waals surface area (Å²) in [5, 5.41) is 9.65. The van der Waals surface area contributed by atoms with Crippen LogP contribution in [0.15, 0.2) is 66.7 Å². The lowest BCUT2D eigenvalue weighted by Gasteiger charge is -2.10. The summed E-state index contributed by atoms with van der Waals surface area (Å²) < 4.78 is 21.4. The Morgan fingerprint density at radius 1 is 0.879 bits per heavy atom. The quantitative estimate of drug-likeness (QED) is 0.193. The second-order valence-corrected chi connectivity index (χ2v) is 7.11. The number of nitriles is 1. The number of carbonyl (C=O) groups is 1. The fourth-order valence-corrected chi connectivity index (χ4v) is 3.34. The van der Waals surface area contributed by atoms with Gasteiger partial charge in [-0.15, -0.1) is 0 Å². The molecule has 0 amide bonds. The van der Waals surface area contributed by atoms with Crippen LogP contribution < -0.4 is 18.9 Å². The molecule has 0 unspecified atom stereocenters. The molecule has 33 heavy (non-hydrogen) atoms. The lowest BCUT2D eigenvalue weighted by atomic mass is 10.0. The van der Waals surface area contributed by atoms with Crippen LogP contribution in [0.3, 0.4) is 0 Å². The molecule has 0 bridgehead atoms. The minimum absolute atomic E-state index is 0.209. The summed E-state index contributed by atoms with van der Waals surface area (Å²) in [5.41, 5.74) is 2.82. The second kappa shape index (κ2) is 11.4. The Morgan fingerprint density at radius 3 is 2.36 bits per heavy atom. The van der Waals surface area contributed by atoms with Crippen LogP contribution >= 0.6 is 0 Å². The van der Waals surface area contributed by atoms with E-state index in [9.17, 15) is 10.1 Å². The number of esters is 1. The molecule has 0 spiro atoms. The Balaban J connectivity index is 1.69. The highest BCUT2D eigenvalue weighted by molar-refractivity contribution is 5.91. The third-order valence-electron chi connectivity index (χ3n) is 4.98. The number of aryl methyl sites for hydroxylation is 1. The molecule has 6 nitrogen and oxygen atoms in total. The van der Waals surface area contributed by atoms with Gasteiger partial charge in [-0.1, -0.05) is 30.3 Å². The Kier molecular flexibility index (Phi) is 8.09. The van der Waals surface area contributed by atoms with E-state index in [4.69, 9.17) is 18.9 Å². The Bertz CT molecular complexity index is 1190. The molecule has 6 heteroatoms. The Hall–Kier alpha value is -4.24. The summed E-state index contributed by atoms with van der Waals surface area (Å²) in [7, 11) is 4.72. The van der Waals surface area contributed by atoms with Gasteiger partial charge in [0, 0.05) is 12.0 Å². The van der Waals surface area contributed by atoms with Gasteiger partial charge in [0.15, 0.2) is 11.5 Å². The van der Waals surface area contributed by atoms with Crippen molar-refractivity contribution >= 4 is 17.6 Å². The van der Waals surface area contributed by atoms with Crippen molar-refractivity contribution < 1.29 is 23.7 Å². The highest BCUT2D eigenvalue weighted by Crippen LogP contribution is 2.29. The van der Waals surface area contributed by atoms with E-state index in [1.165, 1.54) is 0 Å². The standard InChI is InChI=1S/C27H25NO5/c1-30-24-10-5-4-9-23(24)21(18-28)15-20-7-6-8-22(16-20)33-27(29)14-12-19-11-13-25(31-2)26(17-19)32-3/h4-11,13,15-17H,12,14H2,1-3H3/b21-15-. The van der Waals surface area contributed by atoms with E-state index in [0.29, 0.717) is 40.6 Å². The minimum atomic E-state index is -0.351. The van der Waals surface area contributed by atoms with Crippen molar-refractivity contribution in [2.75, 3.05) is 21.3 Å². The zero-order valence-electron chi connectivity index (χ0n) is 18.8. The van der Waals surface area contributed by atoms with Gasteiger partial charge in [-0.05, 0) is 60.0 Å². The van der Waals surface area contributed by atoms with Gasteiger partial charge < -0.3 is 18.9 Å².